The van der Waals surface area contributed by atoms with E-state index in [0.29, 0.717) is 13.2 Å². The zero-order valence-electron chi connectivity index (χ0n) is 11.7. The molecule has 0 radical (unpaired) electrons. The fourth-order valence-electron chi connectivity index (χ4n) is 2.53. The van der Waals surface area contributed by atoms with Crippen molar-refractivity contribution in [1.82, 2.24) is 5.32 Å². The van der Waals surface area contributed by atoms with Crippen molar-refractivity contribution in [2.45, 2.75) is 70.4 Å². The van der Waals surface area contributed by atoms with Gasteiger partial charge in [0.05, 0.1) is 12.2 Å². The maximum atomic E-state index is 11.7. The first kappa shape index (κ1) is 15.4. The number of hydrogen-bond acceptors (Lipinski definition) is 4. The second-order valence-electron chi connectivity index (χ2n) is 5.26. The molecule has 1 aliphatic rings. The van der Waals surface area contributed by atoms with Crippen LogP contribution >= 0.6 is 0 Å². The monoisotopic (exact) mass is 257 g/mol. The predicted molar refractivity (Wildman–Crippen MR) is 71.4 cm³/mol. The van der Waals surface area contributed by atoms with Crippen LogP contribution in [-0.4, -0.2) is 35.9 Å². The van der Waals surface area contributed by atoms with Gasteiger partial charge in [0, 0.05) is 6.54 Å². The van der Waals surface area contributed by atoms with Crippen LogP contribution in [0.4, 0.5) is 0 Å². The van der Waals surface area contributed by atoms with Crippen LogP contribution in [0.25, 0.3) is 0 Å². The van der Waals surface area contributed by atoms with E-state index < -0.39 is 5.60 Å². The Labute approximate surface area is 110 Å². The van der Waals surface area contributed by atoms with E-state index in [-0.39, 0.29) is 12.0 Å². The van der Waals surface area contributed by atoms with E-state index in [0.717, 1.165) is 38.5 Å². The molecule has 1 fully saturated rings. The Kier molecular flexibility index (Phi) is 6.65. The molecule has 4 heteroatoms. The van der Waals surface area contributed by atoms with Gasteiger partial charge < -0.3 is 15.2 Å². The SMILES string of the molecule is CCCC(NCC1(O)CCCCC1)C(=O)OCC. The number of nitrogens with one attached hydrogen (secondary N) is 1. The summed E-state index contributed by atoms with van der Waals surface area (Å²) in [4.78, 5) is 11.7. The molecule has 0 aromatic rings. The van der Waals surface area contributed by atoms with Gasteiger partial charge in [-0.15, -0.1) is 0 Å². The van der Waals surface area contributed by atoms with Crippen molar-refractivity contribution in [2.24, 2.45) is 0 Å². The maximum absolute atomic E-state index is 11.7. The molecule has 0 aromatic heterocycles. The zero-order valence-corrected chi connectivity index (χ0v) is 11.7. The average Bonchev–Trinajstić information content (AvgIpc) is 2.35. The molecule has 2 N–H and O–H groups in total. The van der Waals surface area contributed by atoms with Crippen LogP contribution in [0.3, 0.4) is 0 Å². The standard InChI is InChI=1S/C14H27NO3/c1-3-8-12(13(16)18-4-2)15-11-14(17)9-6-5-7-10-14/h12,15,17H,3-11H2,1-2H3. The minimum absolute atomic E-state index is 0.196. The van der Waals surface area contributed by atoms with E-state index in [9.17, 15) is 9.90 Å². The quantitative estimate of drug-likeness (QED) is 0.685. The third kappa shape index (κ3) is 4.94. The number of carbonyl (C=O) groups excluding carboxylic acids is 1. The Balaban J connectivity index is 2.42. The molecule has 0 heterocycles. The lowest BCUT2D eigenvalue weighted by Crippen LogP contribution is -2.48. The molecule has 1 saturated carbocycles. The third-order valence-corrected chi connectivity index (χ3v) is 3.61. The Morgan fingerprint density at radius 1 is 1.33 bits per heavy atom. The molecule has 4 nitrogen and oxygen atoms in total. The minimum atomic E-state index is -0.628. The fourth-order valence-corrected chi connectivity index (χ4v) is 2.53. The van der Waals surface area contributed by atoms with Gasteiger partial charge in [0.25, 0.3) is 0 Å². The largest absolute Gasteiger partial charge is 0.465 e. The van der Waals surface area contributed by atoms with E-state index >= 15 is 0 Å². The Hall–Kier alpha value is -0.610. The van der Waals surface area contributed by atoms with E-state index in [1.807, 2.05) is 13.8 Å². The predicted octanol–water partition coefficient (Wildman–Crippen LogP) is 2.00. The Morgan fingerprint density at radius 3 is 2.56 bits per heavy atom. The van der Waals surface area contributed by atoms with Gasteiger partial charge in [0.2, 0.25) is 0 Å². The molecular weight excluding hydrogens is 230 g/mol. The summed E-state index contributed by atoms with van der Waals surface area (Å²) in [7, 11) is 0. The van der Waals surface area contributed by atoms with Crippen LogP contribution in [0.5, 0.6) is 0 Å². The lowest BCUT2D eigenvalue weighted by atomic mass is 9.84. The van der Waals surface area contributed by atoms with Crippen molar-refractivity contribution in [3.8, 4) is 0 Å². The van der Waals surface area contributed by atoms with Crippen LogP contribution in [-0.2, 0) is 9.53 Å². The van der Waals surface area contributed by atoms with Crippen LogP contribution in [0.1, 0.15) is 58.8 Å². The molecule has 0 aromatic carbocycles. The van der Waals surface area contributed by atoms with E-state index in [1.165, 1.54) is 6.42 Å². The lowest BCUT2D eigenvalue weighted by Gasteiger charge is -2.33. The molecule has 0 saturated heterocycles. The molecule has 0 spiro atoms. The summed E-state index contributed by atoms with van der Waals surface area (Å²) in [6.07, 6.45) is 6.72. The number of esters is 1. The second kappa shape index (κ2) is 7.74. The van der Waals surface area contributed by atoms with E-state index in [4.69, 9.17) is 4.74 Å². The molecule has 1 atom stereocenters. The van der Waals surface area contributed by atoms with Crippen molar-refractivity contribution < 1.29 is 14.6 Å². The van der Waals surface area contributed by atoms with Crippen LogP contribution in [0, 0.1) is 0 Å². The first-order chi connectivity index (χ1) is 8.61. The highest BCUT2D eigenvalue weighted by atomic mass is 16.5. The number of carbonyl (C=O) groups is 1. The lowest BCUT2D eigenvalue weighted by molar-refractivity contribution is -0.146. The molecule has 0 bridgehead atoms. The summed E-state index contributed by atoms with van der Waals surface area (Å²) in [5, 5.41) is 13.6. The number of ether oxygens (including phenoxy) is 1. The van der Waals surface area contributed by atoms with Gasteiger partial charge in [-0.1, -0.05) is 32.6 Å². The molecule has 106 valence electrons. The van der Waals surface area contributed by atoms with Gasteiger partial charge in [0.1, 0.15) is 6.04 Å². The van der Waals surface area contributed by atoms with Crippen molar-refractivity contribution in [2.75, 3.05) is 13.2 Å². The highest BCUT2D eigenvalue weighted by Crippen LogP contribution is 2.27. The van der Waals surface area contributed by atoms with E-state index in [1.54, 1.807) is 0 Å². The minimum Gasteiger partial charge on any atom is -0.465 e. The van der Waals surface area contributed by atoms with Gasteiger partial charge in [-0.2, -0.15) is 0 Å². The van der Waals surface area contributed by atoms with Gasteiger partial charge in [-0.05, 0) is 26.2 Å². The topological polar surface area (TPSA) is 58.6 Å². The van der Waals surface area contributed by atoms with Gasteiger partial charge in [-0.25, -0.2) is 0 Å². The summed E-state index contributed by atoms with van der Waals surface area (Å²) in [6.45, 7) is 4.76. The molecule has 0 aliphatic heterocycles. The Bertz CT molecular complexity index is 249. The normalized spacial score (nSPS) is 20.4. The number of hydrogen-bond donors (Lipinski definition) is 2. The molecule has 1 aliphatic carbocycles. The highest BCUT2D eigenvalue weighted by Gasteiger charge is 2.30. The average molecular weight is 257 g/mol. The van der Waals surface area contributed by atoms with E-state index in [2.05, 4.69) is 5.32 Å². The number of aliphatic hydroxyl groups is 1. The van der Waals surface area contributed by atoms with Crippen molar-refractivity contribution >= 4 is 5.97 Å². The van der Waals surface area contributed by atoms with Crippen LogP contribution in [0.2, 0.25) is 0 Å². The third-order valence-electron chi connectivity index (χ3n) is 3.61. The first-order valence-corrected chi connectivity index (χ1v) is 7.23. The highest BCUT2D eigenvalue weighted by molar-refractivity contribution is 5.75. The number of rotatable bonds is 7. The summed E-state index contributed by atoms with van der Waals surface area (Å²) >= 11 is 0. The molecule has 0 amide bonds. The summed E-state index contributed by atoms with van der Waals surface area (Å²) in [6, 6.07) is -0.277. The van der Waals surface area contributed by atoms with Crippen LogP contribution in [0.15, 0.2) is 0 Å². The molecular formula is C14H27NO3. The van der Waals surface area contributed by atoms with Gasteiger partial charge >= 0.3 is 5.97 Å². The summed E-state index contributed by atoms with van der Waals surface area (Å²) in [5.41, 5.74) is -0.628. The zero-order chi connectivity index (χ0) is 13.4. The van der Waals surface area contributed by atoms with Crippen molar-refractivity contribution in [3.05, 3.63) is 0 Å². The molecule has 1 unspecified atom stereocenters. The summed E-state index contributed by atoms with van der Waals surface area (Å²) in [5.74, 6) is -0.196. The first-order valence-electron chi connectivity index (χ1n) is 7.23. The van der Waals surface area contributed by atoms with Gasteiger partial charge in [0.15, 0.2) is 0 Å². The Morgan fingerprint density at radius 2 is 2.00 bits per heavy atom. The van der Waals surface area contributed by atoms with Crippen molar-refractivity contribution in [3.63, 3.8) is 0 Å². The maximum Gasteiger partial charge on any atom is 0.323 e. The van der Waals surface area contributed by atoms with Gasteiger partial charge in [-0.3, -0.25) is 4.79 Å². The second-order valence-corrected chi connectivity index (χ2v) is 5.26. The summed E-state index contributed by atoms with van der Waals surface area (Å²) < 4.78 is 5.05. The van der Waals surface area contributed by atoms with Crippen molar-refractivity contribution in [1.29, 1.82) is 0 Å². The smallest absolute Gasteiger partial charge is 0.323 e. The molecule has 18 heavy (non-hydrogen) atoms. The molecule has 1 rings (SSSR count). The van der Waals surface area contributed by atoms with Crippen LogP contribution < -0.4 is 5.32 Å². The fraction of sp³-hybridized carbons (Fsp3) is 0.929.